The van der Waals surface area contributed by atoms with E-state index >= 15 is 0 Å². The van der Waals surface area contributed by atoms with E-state index in [4.69, 9.17) is 4.52 Å². The van der Waals surface area contributed by atoms with Crippen molar-refractivity contribution in [1.29, 1.82) is 0 Å². The fourth-order valence-corrected chi connectivity index (χ4v) is 3.02. The molecule has 1 aromatic carbocycles. The van der Waals surface area contributed by atoms with E-state index in [0.717, 1.165) is 16.8 Å². The third-order valence-corrected chi connectivity index (χ3v) is 4.04. The summed E-state index contributed by atoms with van der Waals surface area (Å²) in [5.41, 5.74) is 2.06. The Hall–Kier alpha value is -2.17. The molecule has 0 fully saturated rings. The summed E-state index contributed by atoms with van der Waals surface area (Å²) < 4.78 is 18.2. The fourth-order valence-electron chi connectivity index (χ4n) is 3.02. The molecule has 0 aliphatic carbocycles. The highest BCUT2D eigenvalue weighted by Crippen LogP contribution is 2.27. The van der Waals surface area contributed by atoms with Gasteiger partial charge in [-0.3, -0.25) is 4.79 Å². The summed E-state index contributed by atoms with van der Waals surface area (Å²) in [6.45, 7) is 9.51. The van der Waals surface area contributed by atoms with Gasteiger partial charge in [-0.2, -0.15) is 0 Å². The van der Waals surface area contributed by atoms with Crippen molar-refractivity contribution in [3.05, 3.63) is 52.7 Å². The second-order valence-electron chi connectivity index (χ2n) is 6.53. The second kappa shape index (κ2) is 6.52. The summed E-state index contributed by atoms with van der Waals surface area (Å²) in [7, 11) is 0. The van der Waals surface area contributed by atoms with Gasteiger partial charge in [0.2, 0.25) is 5.91 Å². The van der Waals surface area contributed by atoms with Crippen LogP contribution >= 0.6 is 0 Å². The number of carbonyl (C=O) groups is 1. The maximum Gasteiger partial charge on any atom is 0.221 e. The van der Waals surface area contributed by atoms with E-state index in [2.05, 4.69) is 10.5 Å². The first-order valence-corrected chi connectivity index (χ1v) is 7.70. The highest BCUT2D eigenvalue weighted by atomic mass is 19.1. The monoisotopic (exact) mass is 318 g/mol. The fraction of sp³-hybridized carbons (Fsp3) is 0.444. The van der Waals surface area contributed by atoms with Crippen LogP contribution in [0.3, 0.4) is 0 Å². The molecule has 0 spiro atoms. The van der Waals surface area contributed by atoms with Gasteiger partial charge in [0.15, 0.2) is 0 Å². The predicted octanol–water partition coefficient (Wildman–Crippen LogP) is 3.98. The van der Waals surface area contributed by atoms with Crippen molar-refractivity contribution in [2.45, 2.75) is 52.5 Å². The Balaban J connectivity index is 2.05. The van der Waals surface area contributed by atoms with Crippen LogP contribution in [0.2, 0.25) is 0 Å². The van der Waals surface area contributed by atoms with Crippen LogP contribution in [0.4, 0.5) is 4.39 Å². The van der Waals surface area contributed by atoms with Gasteiger partial charge in [0, 0.05) is 12.0 Å². The molecule has 2 aromatic rings. The Morgan fingerprint density at radius 3 is 2.43 bits per heavy atom. The van der Waals surface area contributed by atoms with Gasteiger partial charge >= 0.3 is 0 Å². The first kappa shape index (κ1) is 17.2. The second-order valence-corrected chi connectivity index (χ2v) is 6.53. The Kier molecular flexibility index (Phi) is 4.88. The molecule has 0 aliphatic rings. The van der Waals surface area contributed by atoms with Gasteiger partial charge in [-0.05, 0) is 51.3 Å². The molecule has 1 atom stereocenters. The standard InChI is InChI=1S/C18H23FN2O2/c1-11(14-6-8-15(19)9-7-14)10-16(22)20-18(4,5)17-12(2)21-23-13(17)3/h6-9,11H,10H2,1-5H3,(H,20,22)/t11-/m1/s1. The topological polar surface area (TPSA) is 55.1 Å². The number of carbonyl (C=O) groups excluding carboxylic acids is 1. The van der Waals surface area contributed by atoms with E-state index in [1.54, 1.807) is 12.1 Å². The number of hydrogen-bond acceptors (Lipinski definition) is 3. The van der Waals surface area contributed by atoms with Crippen molar-refractivity contribution in [2.75, 3.05) is 0 Å². The van der Waals surface area contributed by atoms with Crippen molar-refractivity contribution >= 4 is 5.91 Å². The lowest BCUT2D eigenvalue weighted by atomic mass is 9.91. The molecule has 5 heteroatoms. The molecular weight excluding hydrogens is 295 g/mol. The number of aryl methyl sites for hydroxylation is 2. The van der Waals surface area contributed by atoms with E-state index in [9.17, 15) is 9.18 Å². The number of nitrogens with one attached hydrogen (secondary N) is 1. The largest absolute Gasteiger partial charge is 0.361 e. The summed E-state index contributed by atoms with van der Waals surface area (Å²) in [5, 5.41) is 6.98. The van der Waals surface area contributed by atoms with Gasteiger partial charge in [0.1, 0.15) is 11.6 Å². The zero-order valence-corrected chi connectivity index (χ0v) is 14.2. The van der Waals surface area contributed by atoms with Crippen molar-refractivity contribution in [3.8, 4) is 0 Å². The van der Waals surface area contributed by atoms with Crippen molar-refractivity contribution in [1.82, 2.24) is 10.5 Å². The maximum absolute atomic E-state index is 13.0. The first-order valence-electron chi connectivity index (χ1n) is 7.70. The number of nitrogens with zero attached hydrogens (tertiary/aromatic N) is 1. The molecule has 0 saturated carbocycles. The van der Waals surface area contributed by atoms with Crippen LogP contribution in [-0.4, -0.2) is 11.1 Å². The van der Waals surface area contributed by atoms with E-state index < -0.39 is 5.54 Å². The average molecular weight is 318 g/mol. The summed E-state index contributed by atoms with van der Waals surface area (Å²) in [6.07, 6.45) is 0.332. The molecule has 4 nitrogen and oxygen atoms in total. The van der Waals surface area contributed by atoms with E-state index in [1.807, 2.05) is 34.6 Å². The highest BCUT2D eigenvalue weighted by Gasteiger charge is 2.30. The Morgan fingerprint density at radius 2 is 1.91 bits per heavy atom. The van der Waals surface area contributed by atoms with Crippen LogP contribution in [0.5, 0.6) is 0 Å². The number of benzene rings is 1. The Morgan fingerprint density at radius 1 is 1.30 bits per heavy atom. The molecule has 0 radical (unpaired) electrons. The molecule has 1 heterocycles. The van der Waals surface area contributed by atoms with Crippen LogP contribution in [-0.2, 0) is 10.3 Å². The smallest absolute Gasteiger partial charge is 0.221 e. The highest BCUT2D eigenvalue weighted by molar-refractivity contribution is 5.78. The Bertz CT molecular complexity index is 670. The number of hydrogen-bond donors (Lipinski definition) is 1. The summed E-state index contributed by atoms with van der Waals surface area (Å²) in [6, 6.07) is 6.26. The lowest BCUT2D eigenvalue weighted by Gasteiger charge is -2.27. The molecular formula is C18H23FN2O2. The number of aromatic nitrogens is 1. The molecule has 23 heavy (non-hydrogen) atoms. The minimum atomic E-state index is -0.562. The summed E-state index contributed by atoms with van der Waals surface area (Å²) >= 11 is 0. The zero-order chi connectivity index (χ0) is 17.2. The van der Waals surface area contributed by atoms with E-state index in [1.165, 1.54) is 12.1 Å². The number of rotatable bonds is 5. The zero-order valence-electron chi connectivity index (χ0n) is 14.2. The summed E-state index contributed by atoms with van der Waals surface area (Å²) in [5.74, 6) is 0.382. The maximum atomic E-state index is 13.0. The van der Waals surface area contributed by atoms with Crippen molar-refractivity contribution < 1.29 is 13.7 Å². The van der Waals surface area contributed by atoms with Gasteiger partial charge < -0.3 is 9.84 Å². The van der Waals surface area contributed by atoms with Gasteiger partial charge in [0.05, 0.1) is 11.2 Å². The molecule has 124 valence electrons. The van der Waals surface area contributed by atoms with Crippen LogP contribution in [0, 0.1) is 19.7 Å². The van der Waals surface area contributed by atoms with Crippen molar-refractivity contribution in [3.63, 3.8) is 0 Å². The van der Waals surface area contributed by atoms with Gasteiger partial charge in [0.25, 0.3) is 0 Å². The molecule has 1 amide bonds. The van der Waals surface area contributed by atoms with Gasteiger partial charge in [-0.1, -0.05) is 24.2 Å². The third kappa shape index (κ3) is 3.97. The van der Waals surface area contributed by atoms with E-state index in [0.29, 0.717) is 12.2 Å². The first-order chi connectivity index (χ1) is 10.7. The molecule has 1 N–H and O–H groups in total. The normalized spacial score (nSPS) is 13.0. The average Bonchev–Trinajstić information content (AvgIpc) is 2.78. The Labute approximate surface area is 136 Å². The van der Waals surface area contributed by atoms with Crippen molar-refractivity contribution in [2.24, 2.45) is 0 Å². The predicted molar refractivity (Wildman–Crippen MR) is 86.6 cm³/mol. The quantitative estimate of drug-likeness (QED) is 0.907. The molecule has 1 aromatic heterocycles. The van der Waals surface area contributed by atoms with E-state index in [-0.39, 0.29) is 17.6 Å². The molecule has 0 unspecified atom stereocenters. The molecule has 0 saturated heterocycles. The lowest BCUT2D eigenvalue weighted by Crippen LogP contribution is -2.42. The van der Waals surface area contributed by atoms with Crippen LogP contribution < -0.4 is 5.32 Å². The summed E-state index contributed by atoms with van der Waals surface area (Å²) in [4.78, 5) is 12.4. The SMILES string of the molecule is Cc1noc(C)c1C(C)(C)NC(=O)C[C@@H](C)c1ccc(F)cc1. The van der Waals surface area contributed by atoms with Gasteiger partial charge in [-0.25, -0.2) is 4.39 Å². The van der Waals surface area contributed by atoms with Crippen LogP contribution in [0.25, 0.3) is 0 Å². The molecule has 2 rings (SSSR count). The molecule has 0 bridgehead atoms. The number of halogens is 1. The minimum Gasteiger partial charge on any atom is -0.361 e. The third-order valence-electron chi connectivity index (χ3n) is 4.04. The lowest BCUT2D eigenvalue weighted by molar-refractivity contribution is -0.123. The number of amides is 1. The minimum absolute atomic E-state index is 0.0102. The molecule has 0 aliphatic heterocycles. The van der Waals surface area contributed by atoms with Crippen LogP contribution in [0.1, 0.15) is 55.7 Å². The van der Waals surface area contributed by atoms with Gasteiger partial charge in [-0.15, -0.1) is 0 Å². The van der Waals surface area contributed by atoms with Crippen LogP contribution in [0.15, 0.2) is 28.8 Å².